The summed E-state index contributed by atoms with van der Waals surface area (Å²) in [6.45, 7) is 5.32. The van der Waals surface area contributed by atoms with Crippen LogP contribution in [0.2, 0.25) is 0 Å². The first-order valence-corrected chi connectivity index (χ1v) is 9.67. The van der Waals surface area contributed by atoms with Gasteiger partial charge < -0.3 is 10.1 Å². The lowest BCUT2D eigenvalue weighted by atomic mass is 10.2. The lowest BCUT2D eigenvalue weighted by molar-refractivity contribution is -0.387. The minimum absolute atomic E-state index is 0.0458. The van der Waals surface area contributed by atoms with Crippen molar-refractivity contribution in [1.29, 1.82) is 0 Å². The molecule has 0 unspecified atom stereocenters. The molecular weight excluding hydrogens is 362 g/mol. The highest BCUT2D eigenvalue weighted by atomic mass is 32.2. The maximum Gasteiger partial charge on any atom is 0.408 e. The molecule has 2 rings (SSSR count). The van der Waals surface area contributed by atoms with E-state index >= 15 is 0 Å². The number of sulfonamides is 1. The molecule has 1 fully saturated rings. The highest BCUT2D eigenvalue weighted by Gasteiger charge is 2.44. The lowest BCUT2D eigenvalue weighted by Gasteiger charge is -2.23. The summed E-state index contributed by atoms with van der Waals surface area (Å²) in [6, 6.07) is 5.16. The van der Waals surface area contributed by atoms with Gasteiger partial charge in [-0.05, 0) is 46.1 Å². The molecular formula is C16H23N3O6S. The van der Waals surface area contributed by atoms with Crippen LogP contribution < -0.4 is 10.0 Å². The second-order valence-corrected chi connectivity index (χ2v) is 9.02. The standard InChI is InChI=1S/C16H23N3O6S/c1-15(2,3)25-14(20)18-16(8-9-16)10-11-17-26(23,24)13-7-5-4-6-12(13)19(21)22/h4-7,17H,8-11H2,1-3H3,(H,18,20). The first-order chi connectivity index (χ1) is 11.9. The lowest BCUT2D eigenvalue weighted by Crippen LogP contribution is -2.42. The molecule has 0 atom stereocenters. The Hall–Kier alpha value is -2.20. The van der Waals surface area contributed by atoms with E-state index in [0.29, 0.717) is 6.42 Å². The van der Waals surface area contributed by atoms with Crippen molar-refractivity contribution in [2.24, 2.45) is 0 Å². The van der Waals surface area contributed by atoms with Crippen molar-refractivity contribution in [3.05, 3.63) is 34.4 Å². The van der Waals surface area contributed by atoms with E-state index in [1.165, 1.54) is 18.2 Å². The first kappa shape index (κ1) is 20.1. The number of hydrogen-bond acceptors (Lipinski definition) is 6. The topological polar surface area (TPSA) is 128 Å². The van der Waals surface area contributed by atoms with Gasteiger partial charge in [0, 0.05) is 18.2 Å². The number of carbonyl (C=O) groups is 1. The summed E-state index contributed by atoms with van der Waals surface area (Å²) >= 11 is 0. The number of nitro benzene ring substituents is 1. The number of nitrogens with zero attached hydrogens (tertiary/aromatic N) is 1. The van der Waals surface area contributed by atoms with Gasteiger partial charge in [0.05, 0.1) is 4.92 Å². The predicted molar refractivity (Wildman–Crippen MR) is 94.2 cm³/mol. The van der Waals surface area contributed by atoms with Crippen molar-refractivity contribution < 1.29 is 22.9 Å². The fourth-order valence-electron chi connectivity index (χ4n) is 2.45. The number of ether oxygens (including phenoxy) is 1. The Morgan fingerprint density at radius 2 is 1.92 bits per heavy atom. The zero-order chi connectivity index (χ0) is 19.6. The molecule has 0 spiro atoms. The van der Waals surface area contributed by atoms with Crippen molar-refractivity contribution in [2.45, 2.75) is 56.1 Å². The van der Waals surface area contributed by atoms with Gasteiger partial charge in [0.25, 0.3) is 5.69 Å². The van der Waals surface area contributed by atoms with E-state index in [4.69, 9.17) is 4.74 Å². The quantitative estimate of drug-likeness (QED) is 0.548. The Kier molecular flexibility index (Phi) is 5.57. The number of nitro groups is 1. The van der Waals surface area contributed by atoms with E-state index in [9.17, 15) is 23.3 Å². The van der Waals surface area contributed by atoms with Crippen molar-refractivity contribution >= 4 is 21.8 Å². The van der Waals surface area contributed by atoms with Gasteiger partial charge in [-0.25, -0.2) is 17.9 Å². The van der Waals surface area contributed by atoms with Gasteiger partial charge in [0.2, 0.25) is 10.0 Å². The van der Waals surface area contributed by atoms with Crippen LogP contribution in [0.3, 0.4) is 0 Å². The van der Waals surface area contributed by atoms with Gasteiger partial charge in [-0.1, -0.05) is 12.1 Å². The number of benzene rings is 1. The van der Waals surface area contributed by atoms with Gasteiger partial charge in [-0.3, -0.25) is 10.1 Å². The molecule has 1 amide bonds. The zero-order valence-electron chi connectivity index (χ0n) is 14.9. The van der Waals surface area contributed by atoms with E-state index in [0.717, 1.165) is 18.9 Å². The normalized spacial score (nSPS) is 16.0. The average Bonchev–Trinajstić information content (AvgIpc) is 3.24. The molecule has 1 aliphatic rings. The summed E-state index contributed by atoms with van der Waals surface area (Å²) in [6.07, 6.45) is 1.27. The summed E-state index contributed by atoms with van der Waals surface area (Å²) < 4.78 is 32.3. The third-order valence-electron chi connectivity index (χ3n) is 3.87. The molecule has 0 saturated heterocycles. The minimum atomic E-state index is -4.02. The van der Waals surface area contributed by atoms with Crippen molar-refractivity contribution in [2.75, 3.05) is 6.54 Å². The number of alkyl carbamates (subject to hydrolysis) is 1. The molecule has 0 aliphatic heterocycles. The Morgan fingerprint density at radius 3 is 2.46 bits per heavy atom. The van der Waals surface area contributed by atoms with Gasteiger partial charge in [-0.2, -0.15) is 0 Å². The Bertz CT molecular complexity index is 796. The van der Waals surface area contributed by atoms with Crippen LogP contribution in [0.4, 0.5) is 10.5 Å². The third kappa shape index (κ3) is 5.40. The fourth-order valence-corrected chi connectivity index (χ4v) is 3.65. The minimum Gasteiger partial charge on any atom is -0.444 e. The summed E-state index contributed by atoms with van der Waals surface area (Å²) in [5.74, 6) is 0. The van der Waals surface area contributed by atoms with Crippen molar-refractivity contribution in [3.63, 3.8) is 0 Å². The van der Waals surface area contributed by atoms with Gasteiger partial charge in [0.1, 0.15) is 5.60 Å². The first-order valence-electron chi connectivity index (χ1n) is 8.18. The third-order valence-corrected chi connectivity index (χ3v) is 5.38. The molecule has 1 aliphatic carbocycles. The monoisotopic (exact) mass is 385 g/mol. The van der Waals surface area contributed by atoms with Crippen LogP contribution >= 0.6 is 0 Å². The molecule has 0 aromatic heterocycles. The molecule has 1 aromatic carbocycles. The second kappa shape index (κ2) is 7.20. The van der Waals surface area contributed by atoms with Crippen LogP contribution in [-0.2, 0) is 14.8 Å². The molecule has 10 heteroatoms. The van der Waals surface area contributed by atoms with E-state index in [-0.39, 0.29) is 11.4 Å². The molecule has 0 heterocycles. The molecule has 0 bridgehead atoms. The Balaban J connectivity index is 1.95. The van der Waals surface area contributed by atoms with Crippen molar-refractivity contribution in [1.82, 2.24) is 10.0 Å². The summed E-state index contributed by atoms with van der Waals surface area (Å²) in [7, 11) is -4.02. The highest BCUT2D eigenvalue weighted by Crippen LogP contribution is 2.38. The summed E-state index contributed by atoms with van der Waals surface area (Å²) in [5, 5.41) is 13.8. The summed E-state index contributed by atoms with van der Waals surface area (Å²) in [4.78, 5) is 21.8. The summed E-state index contributed by atoms with van der Waals surface area (Å²) in [5.41, 5.74) is -1.59. The number of para-hydroxylation sites is 1. The van der Waals surface area contributed by atoms with Crippen LogP contribution in [0.5, 0.6) is 0 Å². The molecule has 0 radical (unpaired) electrons. The smallest absolute Gasteiger partial charge is 0.408 e. The maximum atomic E-state index is 12.3. The van der Waals surface area contributed by atoms with E-state index in [2.05, 4.69) is 10.0 Å². The molecule has 1 aromatic rings. The van der Waals surface area contributed by atoms with Crippen molar-refractivity contribution in [3.8, 4) is 0 Å². The number of carbonyl (C=O) groups excluding carboxylic acids is 1. The molecule has 144 valence electrons. The molecule has 26 heavy (non-hydrogen) atoms. The van der Waals surface area contributed by atoms with Gasteiger partial charge >= 0.3 is 6.09 Å². The Labute approximate surface area is 152 Å². The van der Waals surface area contributed by atoms with E-state index < -0.39 is 37.9 Å². The average molecular weight is 385 g/mol. The van der Waals surface area contributed by atoms with E-state index in [1.54, 1.807) is 20.8 Å². The SMILES string of the molecule is CC(C)(C)OC(=O)NC1(CCNS(=O)(=O)c2ccccc2[N+](=O)[O-])CC1. The molecule has 2 N–H and O–H groups in total. The van der Waals surface area contributed by atoms with Crippen LogP contribution in [0.1, 0.15) is 40.0 Å². The fraction of sp³-hybridized carbons (Fsp3) is 0.562. The zero-order valence-corrected chi connectivity index (χ0v) is 15.8. The highest BCUT2D eigenvalue weighted by molar-refractivity contribution is 7.89. The van der Waals surface area contributed by atoms with Gasteiger partial charge in [-0.15, -0.1) is 0 Å². The number of rotatable bonds is 7. The van der Waals surface area contributed by atoms with E-state index in [1.807, 2.05) is 0 Å². The number of hydrogen-bond donors (Lipinski definition) is 2. The van der Waals surface area contributed by atoms with Crippen LogP contribution in [0.25, 0.3) is 0 Å². The molecule has 1 saturated carbocycles. The van der Waals surface area contributed by atoms with Crippen LogP contribution in [0.15, 0.2) is 29.2 Å². The number of amides is 1. The number of nitrogens with one attached hydrogen (secondary N) is 2. The Morgan fingerprint density at radius 1 is 1.31 bits per heavy atom. The van der Waals surface area contributed by atoms with Gasteiger partial charge in [0.15, 0.2) is 4.90 Å². The van der Waals surface area contributed by atoms with Crippen LogP contribution in [0, 0.1) is 10.1 Å². The predicted octanol–water partition coefficient (Wildman–Crippen LogP) is 2.32. The maximum absolute atomic E-state index is 12.3. The second-order valence-electron chi connectivity index (χ2n) is 7.28. The molecule has 9 nitrogen and oxygen atoms in total. The van der Waals surface area contributed by atoms with Crippen LogP contribution in [-0.4, -0.2) is 37.1 Å². The largest absolute Gasteiger partial charge is 0.444 e.